The van der Waals surface area contributed by atoms with Gasteiger partial charge < -0.3 is 19.7 Å². The van der Waals surface area contributed by atoms with E-state index in [1.807, 2.05) is 37.4 Å². The molecule has 2 aromatic rings. The van der Waals surface area contributed by atoms with E-state index in [1.165, 1.54) is 5.56 Å². The number of nitrogens with one attached hydrogen (secondary N) is 1. The number of aliphatic imine (C=N–C) groups is 1. The van der Waals surface area contributed by atoms with Gasteiger partial charge in [-0.2, -0.15) is 0 Å². The highest BCUT2D eigenvalue weighted by molar-refractivity contribution is 5.79. The minimum absolute atomic E-state index is 0.564. The van der Waals surface area contributed by atoms with E-state index in [2.05, 4.69) is 46.5 Å². The maximum atomic E-state index is 5.84. The zero-order chi connectivity index (χ0) is 18.9. The van der Waals surface area contributed by atoms with E-state index in [9.17, 15) is 0 Å². The van der Waals surface area contributed by atoms with Crippen molar-refractivity contribution in [3.8, 4) is 5.75 Å². The standard InChI is InChI=1S/C22H29N3O2/c1-23-22(25(2)15-20-11-12-26-16-20)24-14-18-7-6-8-19(13-18)17-27-21-9-4-3-5-10-21/h3-10,13,20H,11-12,14-17H2,1-2H3,(H,23,24). The maximum absolute atomic E-state index is 5.84. The number of guanidine groups is 1. The zero-order valence-electron chi connectivity index (χ0n) is 16.2. The van der Waals surface area contributed by atoms with Crippen molar-refractivity contribution in [2.45, 2.75) is 19.6 Å². The van der Waals surface area contributed by atoms with E-state index in [0.29, 0.717) is 12.5 Å². The summed E-state index contributed by atoms with van der Waals surface area (Å²) in [4.78, 5) is 6.59. The van der Waals surface area contributed by atoms with Crippen molar-refractivity contribution >= 4 is 5.96 Å². The molecule has 3 rings (SSSR count). The van der Waals surface area contributed by atoms with E-state index in [0.717, 1.165) is 50.0 Å². The van der Waals surface area contributed by atoms with Gasteiger partial charge in [-0.3, -0.25) is 4.99 Å². The highest BCUT2D eigenvalue weighted by Gasteiger charge is 2.18. The van der Waals surface area contributed by atoms with E-state index in [1.54, 1.807) is 0 Å². The Labute approximate surface area is 162 Å². The van der Waals surface area contributed by atoms with Gasteiger partial charge in [-0.05, 0) is 29.7 Å². The molecule has 1 heterocycles. The second-order valence-corrected chi connectivity index (χ2v) is 6.93. The van der Waals surface area contributed by atoms with Crippen LogP contribution in [-0.4, -0.2) is 44.7 Å². The Morgan fingerprint density at radius 3 is 2.74 bits per heavy atom. The Kier molecular flexibility index (Phi) is 7.11. The summed E-state index contributed by atoms with van der Waals surface area (Å²) in [7, 11) is 3.91. The van der Waals surface area contributed by atoms with Crippen molar-refractivity contribution < 1.29 is 9.47 Å². The Bertz CT molecular complexity index is 727. The van der Waals surface area contributed by atoms with Crippen molar-refractivity contribution in [3.63, 3.8) is 0 Å². The highest BCUT2D eigenvalue weighted by atomic mass is 16.5. The first-order valence-electron chi connectivity index (χ1n) is 9.50. The molecule has 1 aliphatic rings. The van der Waals surface area contributed by atoms with Gasteiger partial charge in [-0.25, -0.2) is 0 Å². The molecule has 0 spiro atoms. The Hall–Kier alpha value is -2.53. The van der Waals surface area contributed by atoms with Crippen molar-refractivity contribution in [1.29, 1.82) is 0 Å². The van der Waals surface area contributed by atoms with Gasteiger partial charge in [0, 0.05) is 39.7 Å². The number of hydrogen-bond acceptors (Lipinski definition) is 3. The van der Waals surface area contributed by atoms with Crippen LogP contribution in [0.15, 0.2) is 59.6 Å². The predicted molar refractivity (Wildman–Crippen MR) is 109 cm³/mol. The maximum Gasteiger partial charge on any atom is 0.193 e. The summed E-state index contributed by atoms with van der Waals surface area (Å²) in [6.07, 6.45) is 1.13. The van der Waals surface area contributed by atoms with Gasteiger partial charge in [-0.15, -0.1) is 0 Å². The molecular weight excluding hydrogens is 338 g/mol. The van der Waals surface area contributed by atoms with Crippen LogP contribution in [0.4, 0.5) is 0 Å². The molecule has 0 aliphatic carbocycles. The molecule has 144 valence electrons. The van der Waals surface area contributed by atoms with E-state index in [4.69, 9.17) is 9.47 Å². The molecule has 0 aromatic heterocycles. The first-order chi connectivity index (χ1) is 13.2. The predicted octanol–water partition coefficient (Wildman–Crippen LogP) is 3.31. The molecule has 1 atom stereocenters. The molecule has 1 unspecified atom stereocenters. The molecule has 0 saturated carbocycles. The molecule has 2 aromatic carbocycles. The van der Waals surface area contributed by atoms with Crippen molar-refractivity contribution in [2.75, 3.05) is 33.9 Å². The molecule has 5 heteroatoms. The number of benzene rings is 2. The van der Waals surface area contributed by atoms with Gasteiger partial charge in [-0.1, -0.05) is 42.5 Å². The Morgan fingerprint density at radius 1 is 1.19 bits per heavy atom. The fraction of sp³-hybridized carbons (Fsp3) is 0.409. The van der Waals surface area contributed by atoms with Crippen LogP contribution in [-0.2, 0) is 17.9 Å². The summed E-state index contributed by atoms with van der Waals surface area (Å²) in [6, 6.07) is 18.4. The Balaban J connectivity index is 1.50. The lowest BCUT2D eigenvalue weighted by molar-refractivity contribution is 0.181. The third-order valence-corrected chi connectivity index (χ3v) is 4.72. The van der Waals surface area contributed by atoms with Crippen molar-refractivity contribution in [2.24, 2.45) is 10.9 Å². The second-order valence-electron chi connectivity index (χ2n) is 6.93. The average molecular weight is 367 g/mol. The molecular formula is C22H29N3O2. The number of para-hydroxylation sites is 1. The van der Waals surface area contributed by atoms with Crippen LogP contribution in [0.25, 0.3) is 0 Å². The SMILES string of the molecule is CN=C(NCc1cccc(COc2ccccc2)c1)N(C)CC1CCOC1. The minimum atomic E-state index is 0.564. The first-order valence-corrected chi connectivity index (χ1v) is 9.50. The molecule has 27 heavy (non-hydrogen) atoms. The summed E-state index contributed by atoms with van der Waals surface area (Å²) >= 11 is 0. The monoisotopic (exact) mass is 367 g/mol. The van der Waals surface area contributed by atoms with Gasteiger partial charge in [0.1, 0.15) is 12.4 Å². The molecule has 0 amide bonds. The fourth-order valence-corrected chi connectivity index (χ4v) is 3.28. The zero-order valence-corrected chi connectivity index (χ0v) is 16.2. The van der Waals surface area contributed by atoms with Gasteiger partial charge >= 0.3 is 0 Å². The molecule has 1 aliphatic heterocycles. The smallest absolute Gasteiger partial charge is 0.193 e. The topological polar surface area (TPSA) is 46.1 Å². The highest BCUT2D eigenvalue weighted by Crippen LogP contribution is 2.14. The third-order valence-electron chi connectivity index (χ3n) is 4.72. The van der Waals surface area contributed by atoms with E-state index in [-0.39, 0.29) is 0 Å². The van der Waals surface area contributed by atoms with Crippen LogP contribution < -0.4 is 10.1 Å². The molecule has 1 saturated heterocycles. The lowest BCUT2D eigenvalue weighted by Crippen LogP contribution is -2.41. The number of ether oxygens (including phenoxy) is 2. The molecule has 5 nitrogen and oxygen atoms in total. The largest absolute Gasteiger partial charge is 0.489 e. The summed E-state index contributed by atoms with van der Waals surface area (Å²) in [5, 5.41) is 3.45. The van der Waals surface area contributed by atoms with Gasteiger partial charge in [0.15, 0.2) is 5.96 Å². The third kappa shape index (κ3) is 6.00. The van der Waals surface area contributed by atoms with Crippen LogP contribution in [0.3, 0.4) is 0 Å². The van der Waals surface area contributed by atoms with Crippen LogP contribution in [0.1, 0.15) is 17.5 Å². The average Bonchev–Trinajstić information content (AvgIpc) is 3.21. The van der Waals surface area contributed by atoms with E-state index < -0.39 is 0 Å². The molecule has 1 fully saturated rings. The fourth-order valence-electron chi connectivity index (χ4n) is 3.28. The van der Waals surface area contributed by atoms with Gasteiger partial charge in [0.25, 0.3) is 0 Å². The van der Waals surface area contributed by atoms with Crippen LogP contribution in [0.5, 0.6) is 5.75 Å². The number of nitrogens with zero attached hydrogens (tertiary/aromatic N) is 2. The van der Waals surface area contributed by atoms with E-state index >= 15 is 0 Å². The van der Waals surface area contributed by atoms with Gasteiger partial charge in [0.05, 0.1) is 6.61 Å². The summed E-state index contributed by atoms with van der Waals surface area (Å²) < 4.78 is 11.3. The minimum Gasteiger partial charge on any atom is -0.489 e. The van der Waals surface area contributed by atoms with Crippen LogP contribution in [0, 0.1) is 5.92 Å². The van der Waals surface area contributed by atoms with Crippen LogP contribution >= 0.6 is 0 Å². The first kappa shape index (κ1) is 19.2. The summed E-state index contributed by atoms with van der Waals surface area (Å²) in [5.41, 5.74) is 2.37. The molecule has 0 bridgehead atoms. The summed E-state index contributed by atoms with van der Waals surface area (Å²) in [6.45, 7) is 3.99. The quantitative estimate of drug-likeness (QED) is 0.602. The van der Waals surface area contributed by atoms with Crippen molar-refractivity contribution in [1.82, 2.24) is 10.2 Å². The number of hydrogen-bond donors (Lipinski definition) is 1. The lowest BCUT2D eigenvalue weighted by Gasteiger charge is -2.24. The summed E-state index contributed by atoms with van der Waals surface area (Å²) in [5.74, 6) is 2.39. The van der Waals surface area contributed by atoms with Crippen LogP contribution in [0.2, 0.25) is 0 Å². The normalized spacial score (nSPS) is 17.0. The molecule has 1 N–H and O–H groups in total. The lowest BCUT2D eigenvalue weighted by atomic mass is 10.1. The van der Waals surface area contributed by atoms with Gasteiger partial charge in [0.2, 0.25) is 0 Å². The Morgan fingerprint density at radius 2 is 2.00 bits per heavy atom. The second kappa shape index (κ2) is 9.97. The number of rotatable bonds is 7. The van der Waals surface area contributed by atoms with Crippen molar-refractivity contribution in [3.05, 3.63) is 65.7 Å². The molecule has 0 radical (unpaired) electrons.